The van der Waals surface area contributed by atoms with E-state index >= 15 is 0 Å². The second-order valence-corrected chi connectivity index (χ2v) is 5.37. The molecule has 1 saturated heterocycles. The van der Waals surface area contributed by atoms with E-state index in [1.54, 1.807) is 0 Å². The lowest BCUT2D eigenvalue weighted by atomic mass is 9.89. The fourth-order valence-electron chi connectivity index (χ4n) is 2.73. The van der Waals surface area contributed by atoms with Crippen molar-refractivity contribution in [3.05, 3.63) is 0 Å². The normalized spacial score (nSPS) is 32.1. The highest BCUT2D eigenvalue weighted by Crippen LogP contribution is 2.27. The highest BCUT2D eigenvalue weighted by molar-refractivity contribution is 4.88. The van der Waals surface area contributed by atoms with Crippen LogP contribution < -0.4 is 0 Å². The largest absolute Gasteiger partial charge is 0.301 e. The minimum atomic E-state index is 0.782. The van der Waals surface area contributed by atoms with Gasteiger partial charge in [0.25, 0.3) is 0 Å². The van der Waals surface area contributed by atoms with Gasteiger partial charge in [-0.05, 0) is 25.8 Å². The van der Waals surface area contributed by atoms with Gasteiger partial charge in [-0.25, -0.2) is 0 Å². The number of hydrogen-bond donors (Lipinski definition) is 0. The van der Waals surface area contributed by atoms with Crippen molar-refractivity contribution in [3.63, 3.8) is 0 Å². The van der Waals surface area contributed by atoms with Crippen LogP contribution in [0.4, 0.5) is 0 Å². The number of nitrogens with zero attached hydrogens (tertiary/aromatic N) is 2. The van der Waals surface area contributed by atoms with Gasteiger partial charge in [0, 0.05) is 31.7 Å². The second-order valence-electron chi connectivity index (χ2n) is 5.37. The molecule has 0 aromatic heterocycles. The van der Waals surface area contributed by atoms with Crippen molar-refractivity contribution >= 4 is 0 Å². The summed E-state index contributed by atoms with van der Waals surface area (Å²) >= 11 is 0. The molecule has 1 aliphatic carbocycles. The predicted octanol–water partition coefficient (Wildman–Crippen LogP) is 1.81. The van der Waals surface area contributed by atoms with Crippen molar-refractivity contribution in [3.8, 4) is 0 Å². The topological polar surface area (TPSA) is 6.48 Å². The number of hydrogen-bond acceptors (Lipinski definition) is 2. The molecule has 1 unspecified atom stereocenters. The Morgan fingerprint density at radius 1 is 1.14 bits per heavy atom. The summed E-state index contributed by atoms with van der Waals surface area (Å²) in [6.07, 6.45) is 4.37. The Balaban J connectivity index is 1.90. The first kappa shape index (κ1) is 10.4. The van der Waals surface area contributed by atoms with Crippen LogP contribution in [0.15, 0.2) is 0 Å². The molecule has 1 saturated carbocycles. The average Bonchev–Trinajstić information content (AvgIpc) is 2.04. The van der Waals surface area contributed by atoms with Crippen molar-refractivity contribution in [1.82, 2.24) is 9.80 Å². The van der Waals surface area contributed by atoms with E-state index in [0.717, 1.165) is 18.0 Å². The molecule has 0 aromatic rings. The summed E-state index contributed by atoms with van der Waals surface area (Å²) in [6, 6.07) is 1.72. The third-order valence-electron chi connectivity index (χ3n) is 4.09. The van der Waals surface area contributed by atoms with Gasteiger partial charge in [-0.2, -0.15) is 0 Å². The van der Waals surface area contributed by atoms with E-state index < -0.39 is 0 Å². The first-order valence-corrected chi connectivity index (χ1v) is 6.13. The molecule has 1 aliphatic heterocycles. The summed E-state index contributed by atoms with van der Waals surface area (Å²) in [5.74, 6) is 0.794. The summed E-state index contributed by atoms with van der Waals surface area (Å²) in [5, 5.41) is 0. The van der Waals surface area contributed by atoms with Gasteiger partial charge in [0.05, 0.1) is 0 Å². The minimum Gasteiger partial charge on any atom is -0.301 e. The Bertz CT molecular complexity index is 187. The molecule has 1 atom stereocenters. The van der Waals surface area contributed by atoms with E-state index in [1.807, 2.05) is 0 Å². The summed E-state index contributed by atoms with van der Waals surface area (Å²) < 4.78 is 0. The predicted molar refractivity (Wildman–Crippen MR) is 60.5 cm³/mol. The number of piperazine rings is 1. The van der Waals surface area contributed by atoms with Gasteiger partial charge >= 0.3 is 0 Å². The number of likely N-dealkylation sites (N-methyl/N-ethyl adjacent to an activating group) is 1. The van der Waals surface area contributed by atoms with Gasteiger partial charge in [-0.15, -0.1) is 0 Å². The maximum absolute atomic E-state index is 2.73. The van der Waals surface area contributed by atoms with Gasteiger partial charge in [0.1, 0.15) is 0 Å². The van der Waals surface area contributed by atoms with Crippen LogP contribution in [0.5, 0.6) is 0 Å². The summed E-state index contributed by atoms with van der Waals surface area (Å²) in [4.78, 5) is 5.27. The molecule has 2 fully saturated rings. The van der Waals surface area contributed by atoms with E-state index in [9.17, 15) is 0 Å². The van der Waals surface area contributed by atoms with Crippen LogP contribution in [0.25, 0.3) is 0 Å². The SMILES string of the molecule is CC(C)C1CN(C2CCC2)CCN1C. The molecule has 2 heteroatoms. The van der Waals surface area contributed by atoms with E-state index in [1.165, 1.54) is 38.9 Å². The zero-order valence-electron chi connectivity index (χ0n) is 9.87. The lowest BCUT2D eigenvalue weighted by Crippen LogP contribution is -2.57. The maximum atomic E-state index is 2.73. The van der Waals surface area contributed by atoms with E-state index in [2.05, 4.69) is 30.7 Å². The Kier molecular flexibility index (Phi) is 3.13. The van der Waals surface area contributed by atoms with Crippen LogP contribution in [0.2, 0.25) is 0 Å². The molecule has 0 spiro atoms. The van der Waals surface area contributed by atoms with Crippen LogP contribution in [0, 0.1) is 5.92 Å². The first-order chi connectivity index (χ1) is 6.68. The lowest BCUT2D eigenvalue weighted by Gasteiger charge is -2.47. The third-order valence-corrected chi connectivity index (χ3v) is 4.09. The smallest absolute Gasteiger partial charge is 0.0243 e. The quantitative estimate of drug-likeness (QED) is 0.664. The first-order valence-electron chi connectivity index (χ1n) is 6.13. The number of rotatable bonds is 2. The second kappa shape index (κ2) is 4.19. The highest BCUT2D eigenvalue weighted by atomic mass is 15.3. The molecule has 2 nitrogen and oxygen atoms in total. The highest BCUT2D eigenvalue weighted by Gasteiger charge is 2.32. The molecule has 82 valence electrons. The molecule has 0 bridgehead atoms. The van der Waals surface area contributed by atoms with Crippen LogP contribution in [-0.2, 0) is 0 Å². The van der Waals surface area contributed by atoms with Crippen molar-refractivity contribution in [2.75, 3.05) is 26.7 Å². The Morgan fingerprint density at radius 2 is 1.86 bits per heavy atom. The molecular formula is C12H24N2. The fraction of sp³-hybridized carbons (Fsp3) is 1.00. The molecule has 0 aromatic carbocycles. The van der Waals surface area contributed by atoms with Gasteiger partial charge < -0.3 is 4.90 Å². The Labute approximate surface area is 88.3 Å². The van der Waals surface area contributed by atoms with E-state index in [4.69, 9.17) is 0 Å². The minimum absolute atomic E-state index is 0.782. The molecular weight excluding hydrogens is 172 g/mol. The van der Waals surface area contributed by atoms with Crippen molar-refractivity contribution in [1.29, 1.82) is 0 Å². The average molecular weight is 196 g/mol. The molecule has 2 rings (SSSR count). The van der Waals surface area contributed by atoms with Crippen LogP contribution in [0.3, 0.4) is 0 Å². The Hall–Kier alpha value is -0.0800. The van der Waals surface area contributed by atoms with Crippen LogP contribution in [0.1, 0.15) is 33.1 Å². The standard InChI is InChI=1S/C12H24N2/c1-10(2)12-9-14(8-7-13(12)3)11-5-4-6-11/h10-12H,4-9H2,1-3H3. The third kappa shape index (κ3) is 1.96. The fourth-order valence-corrected chi connectivity index (χ4v) is 2.73. The van der Waals surface area contributed by atoms with Crippen molar-refractivity contribution < 1.29 is 0 Å². The zero-order chi connectivity index (χ0) is 10.1. The monoisotopic (exact) mass is 196 g/mol. The molecule has 0 amide bonds. The van der Waals surface area contributed by atoms with Crippen molar-refractivity contribution in [2.45, 2.75) is 45.2 Å². The summed E-state index contributed by atoms with van der Waals surface area (Å²) in [7, 11) is 2.28. The molecule has 1 heterocycles. The van der Waals surface area contributed by atoms with E-state index in [-0.39, 0.29) is 0 Å². The summed E-state index contributed by atoms with van der Waals surface area (Å²) in [6.45, 7) is 8.57. The molecule has 0 radical (unpaired) electrons. The maximum Gasteiger partial charge on any atom is 0.0243 e. The van der Waals surface area contributed by atoms with E-state index in [0.29, 0.717) is 0 Å². The van der Waals surface area contributed by atoms with Gasteiger partial charge in [0.2, 0.25) is 0 Å². The van der Waals surface area contributed by atoms with Crippen molar-refractivity contribution in [2.24, 2.45) is 5.92 Å². The Morgan fingerprint density at radius 3 is 2.36 bits per heavy atom. The van der Waals surface area contributed by atoms with Crippen LogP contribution in [-0.4, -0.2) is 48.6 Å². The van der Waals surface area contributed by atoms with Gasteiger partial charge in [-0.1, -0.05) is 20.3 Å². The van der Waals surface area contributed by atoms with Gasteiger partial charge in [0.15, 0.2) is 0 Å². The summed E-state index contributed by atoms with van der Waals surface area (Å²) in [5.41, 5.74) is 0. The molecule has 0 N–H and O–H groups in total. The molecule has 14 heavy (non-hydrogen) atoms. The zero-order valence-corrected chi connectivity index (χ0v) is 9.87. The molecule has 2 aliphatic rings. The van der Waals surface area contributed by atoms with Crippen LogP contribution >= 0.6 is 0 Å². The van der Waals surface area contributed by atoms with Gasteiger partial charge in [-0.3, -0.25) is 4.90 Å². The lowest BCUT2D eigenvalue weighted by molar-refractivity contribution is 0.0203.